The van der Waals surface area contributed by atoms with Gasteiger partial charge in [-0.3, -0.25) is 4.98 Å². The minimum absolute atomic E-state index is 0.299. The van der Waals surface area contributed by atoms with Gasteiger partial charge >= 0.3 is 6.09 Å². The van der Waals surface area contributed by atoms with E-state index in [-0.39, 0.29) is 6.09 Å². The highest BCUT2D eigenvalue weighted by Crippen LogP contribution is 2.21. The Kier molecular flexibility index (Phi) is 6.01. The van der Waals surface area contributed by atoms with Crippen molar-refractivity contribution in [3.05, 3.63) is 23.2 Å². The molecular formula is C16H25ClN5O2+. The Morgan fingerprint density at radius 1 is 1.50 bits per heavy atom. The molecule has 0 bridgehead atoms. The lowest BCUT2D eigenvalue weighted by Gasteiger charge is -2.24. The molecule has 0 aliphatic carbocycles. The molecule has 24 heavy (non-hydrogen) atoms. The third kappa shape index (κ3) is 5.07. The Labute approximate surface area is 146 Å². The number of amides is 1. The van der Waals surface area contributed by atoms with Gasteiger partial charge in [-0.25, -0.2) is 9.78 Å². The van der Waals surface area contributed by atoms with Gasteiger partial charge in [0.25, 0.3) is 0 Å². The van der Waals surface area contributed by atoms with Gasteiger partial charge in [0.15, 0.2) is 0 Å². The molecule has 2 rings (SSSR count). The standard InChI is InChI=1S/C16H24ClN5O2/c1-16(2,3)24-15(23)22(4)7-5-6-18-8-11-9-19-14-12(11)13(17)20-10-21-14/h9-10,18H,5-8H2,1-4H3,(H,19,20,21)/p+1. The molecule has 0 fully saturated rings. The molecule has 2 heterocycles. The number of fused-ring (bicyclic) bond motifs is 1. The lowest BCUT2D eigenvalue weighted by Crippen LogP contribution is -2.35. The van der Waals surface area contributed by atoms with Crippen molar-refractivity contribution in [1.29, 1.82) is 0 Å². The van der Waals surface area contributed by atoms with Gasteiger partial charge in [0.05, 0.1) is 6.20 Å². The number of H-pyrrole nitrogens is 2. The van der Waals surface area contributed by atoms with E-state index < -0.39 is 5.60 Å². The number of aromatic nitrogens is 3. The van der Waals surface area contributed by atoms with Crippen molar-refractivity contribution in [2.45, 2.75) is 39.3 Å². The van der Waals surface area contributed by atoms with Gasteiger partial charge in [0, 0.05) is 25.7 Å². The third-order valence-electron chi connectivity index (χ3n) is 3.42. The van der Waals surface area contributed by atoms with Gasteiger partial charge in [0.1, 0.15) is 11.0 Å². The molecule has 132 valence electrons. The highest BCUT2D eigenvalue weighted by molar-refractivity contribution is 6.34. The predicted octanol–water partition coefficient (Wildman–Crippen LogP) is 2.38. The van der Waals surface area contributed by atoms with E-state index in [0.717, 1.165) is 29.6 Å². The van der Waals surface area contributed by atoms with E-state index in [9.17, 15) is 4.79 Å². The van der Waals surface area contributed by atoms with Crippen LogP contribution in [0.15, 0.2) is 12.5 Å². The van der Waals surface area contributed by atoms with Gasteiger partial charge < -0.3 is 15.0 Å². The van der Waals surface area contributed by atoms with Crippen LogP contribution in [-0.2, 0) is 11.3 Å². The number of hydrogen-bond acceptors (Lipinski definition) is 4. The molecule has 7 nitrogen and oxygen atoms in total. The van der Waals surface area contributed by atoms with Gasteiger partial charge in [-0.05, 0) is 45.3 Å². The van der Waals surface area contributed by atoms with Crippen LogP contribution in [0.25, 0.3) is 11.0 Å². The summed E-state index contributed by atoms with van der Waals surface area (Å²) in [5.74, 6) is 0. The van der Waals surface area contributed by atoms with Gasteiger partial charge in [0.2, 0.25) is 17.1 Å². The van der Waals surface area contributed by atoms with Crippen LogP contribution < -0.4 is 10.3 Å². The Morgan fingerprint density at radius 3 is 2.96 bits per heavy atom. The van der Waals surface area contributed by atoms with Crippen molar-refractivity contribution in [3.63, 3.8) is 0 Å². The maximum atomic E-state index is 11.8. The van der Waals surface area contributed by atoms with Crippen LogP contribution >= 0.6 is 11.6 Å². The van der Waals surface area contributed by atoms with Crippen molar-refractivity contribution < 1.29 is 14.5 Å². The molecule has 8 heteroatoms. The second kappa shape index (κ2) is 7.81. The number of nitrogens with zero attached hydrogens (tertiary/aromatic N) is 2. The predicted molar refractivity (Wildman–Crippen MR) is 92.8 cm³/mol. The summed E-state index contributed by atoms with van der Waals surface area (Å²) < 4.78 is 5.31. The van der Waals surface area contributed by atoms with Crippen molar-refractivity contribution >= 4 is 28.7 Å². The minimum atomic E-state index is -0.469. The smallest absolute Gasteiger partial charge is 0.410 e. The molecule has 1 amide bonds. The largest absolute Gasteiger partial charge is 0.444 e. The van der Waals surface area contributed by atoms with Crippen LogP contribution in [0.1, 0.15) is 32.8 Å². The summed E-state index contributed by atoms with van der Waals surface area (Å²) in [5, 5.41) is 4.73. The SMILES string of the molecule is CN(CCCNCc1c[nH]c2[nH+]cnc(Cl)c12)C(=O)OC(C)(C)C. The monoisotopic (exact) mass is 354 g/mol. The molecule has 0 aliphatic rings. The van der Waals surface area contributed by atoms with Gasteiger partial charge in [-0.15, -0.1) is 0 Å². The molecule has 0 saturated carbocycles. The number of hydrogen-bond donors (Lipinski definition) is 2. The van der Waals surface area contributed by atoms with E-state index in [0.29, 0.717) is 18.2 Å². The van der Waals surface area contributed by atoms with E-state index in [1.54, 1.807) is 18.3 Å². The van der Waals surface area contributed by atoms with Crippen LogP contribution in [0, 0.1) is 0 Å². The number of ether oxygens (including phenoxy) is 1. The fraction of sp³-hybridized carbons (Fsp3) is 0.562. The first-order valence-corrected chi connectivity index (χ1v) is 8.32. The summed E-state index contributed by atoms with van der Waals surface area (Å²) in [6.07, 6.45) is 4.00. The fourth-order valence-electron chi connectivity index (χ4n) is 2.27. The lowest BCUT2D eigenvalue weighted by atomic mass is 10.2. The first-order chi connectivity index (χ1) is 11.3. The van der Waals surface area contributed by atoms with Crippen molar-refractivity contribution in [1.82, 2.24) is 20.2 Å². The number of aromatic amines is 2. The number of halogens is 1. The fourth-order valence-corrected chi connectivity index (χ4v) is 2.53. The molecular weight excluding hydrogens is 330 g/mol. The molecule has 0 spiro atoms. The van der Waals surface area contributed by atoms with Crippen LogP contribution in [0.3, 0.4) is 0 Å². The molecule has 2 aromatic rings. The first kappa shape index (κ1) is 18.5. The maximum Gasteiger partial charge on any atom is 0.410 e. The molecule has 3 N–H and O–H groups in total. The molecule has 0 atom stereocenters. The third-order valence-corrected chi connectivity index (χ3v) is 3.71. The Bertz CT molecular complexity index is 695. The van der Waals surface area contributed by atoms with Crippen molar-refractivity contribution in [3.8, 4) is 0 Å². The Balaban J connectivity index is 1.74. The average Bonchev–Trinajstić information content (AvgIpc) is 2.89. The maximum absolute atomic E-state index is 11.8. The summed E-state index contributed by atoms with van der Waals surface area (Å²) in [6, 6.07) is 0. The van der Waals surface area contributed by atoms with Gasteiger partial charge in [-0.1, -0.05) is 4.98 Å². The average molecular weight is 355 g/mol. The highest BCUT2D eigenvalue weighted by Gasteiger charge is 2.19. The Morgan fingerprint density at radius 2 is 2.25 bits per heavy atom. The summed E-state index contributed by atoms with van der Waals surface area (Å²) in [4.78, 5) is 23.7. The van der Waals surface area contributed by atoms with Crippen molar-refractivity contribution in [2.24, 2.45) is 0 Å². The van der Waals surface area contributed by atoms with Crippen LogP contribution in [-0.4, -0.2) is 46.7 Å². The first-order valence-electron chi connectivity index (χ1n) is 7.95. The van der Waals surface area contributed by atoms with E-state index in [2.05, 4.69) is 20.3 Å². The summed E-state index contributed by atoms with van der Waals surface area (Å²) in [7, 11) is 1.75. The molecule has 0 unspecified atom stereocenters. The van der Waals surface area contributed by atoms with E-state index in [1.165, 1.54) is 0 Å². The minimum Gasteiger partial charge on any atom is -0.444 e. The quantitative estimate of drug-likeness (QED) is 0.616. The van der Waals surface area contributed by atoms with E-state index in [4.69, 9.17) is 16.3 Å². The summed E-state index contributed by atoms with van der Waals surface area (Å²) in [5.41, 5.74) is 1.44. The number of carbonyl (C=O) groups is 1. The lowest BCUT2D eigenvalue weighted by molar-refractivity contribution is -0.352. The summed E-state index contributed by atoms with van der Waals surface area (Å²) in [6.45, 7) is 7.67. The highest BCUT2D eigenvalue weighted by atomic mass is 35.5. The number of nitrogens with one attached hydrogen (secondary N) is 3. The zero-order valence-corrected chi connectivity index (χ0v) is 15.3. The van der Waals surface area contributed by atoms with Crippen LogP contribution in [0.2, 0.25) is 5.15 Å². The summed E-state index contributed by atoms with van der Waals surface area (Å²) >= 11 is 6.14. The van der Waals surface area contributed by atoms with E-state index in [1.807, 2.05) is 27.0 Å². The second-order valence-electron chi connectivity index (χ2n) is 6.69. The zero-order chi connectivity index (χ0) is 17.7. The van der Waals surface area contributed by atoms with Crippen LogP contribution in [0.4, 0.5) is 4.79 Å². The Hall–Kier alpha value is -1.86. The topological polar surface area (TPSA) is 84.4 Å². The second-order valence-corrected chi connectivity index (χ2v) is 7.05. The van der Waals surface area contributed by atoms with Crippen molar-refractivity contribution in [2.75, 3.05) is 20.1 Å². The van der Waals surface area contributed by atoms with Crippen LogP contribution in [0.5, 0.6) is 0 Å². The molecule has 0 aromatic carbocycles. The molecule has 0 aliphatic heterocycles. The normalized spacial score (nSPS) is 11.7. The van der Waals surface area contributed by atoms with E-state index >= 15 is 0 Å². The zero-order valence-electron chi connectivity index (χ0n) is 14.6. The van der Waals surface area contributed by atoms with Gasteiger partial charge in [-0.2, -0.15) is 0 Å². The number of rotatable bonds is 6. The molecule has 2 aromatic heterocycles. The molecule has 0 radical (unpaired) electrons. The molecule has 0 saturated heterocycles. The number of carbonyl (C=O) groups excluding carboxylic acids is 1.